The van der Waals surface area contributed by atoms with Gasteiger partial charge in [0.15, 0.2) is 0 Å². The van der Waals surface area contributed by atoms with E-state index in [1.807, 2.05) is 33.3 Å². The zero-order chi connectivity index (χ0) is 66.3. The van der Waals surface area contributed by atoms with Gasteiger partial charge in [0.05, 0.1) is 33.8 Å². The minimum Gasteiger partial charge on any atom is -0.456 e. The Morgan fingerprint density at radius 2 is 0.703 bits per heavy atom. The van der Waals surface area contributed by atoms with E-state index in [0.29, 0.717) is 17.4 Å². The number of hydrogen-bond donors (Lipinski definition) is 2. The fraction of sp³-hybridized carbons (Fsp3) is 0.778. The van der Waals surface area contributed by atoms with Gasteiger partial charge >= 0.3 is 13.8 Å². The van der Waals surface area contributed by atoms with Crippen LogP contribution in [0.15, 0.2) is 97.2 Å². The van der Waals surface area contributed by atoms with Gasteiger partial charge in [-0.05, 0) is 109 Å². The molecule has 0 saturated carbocycles. The molecule has 0 spiro atoms. The molecular weight excluding hydrogens is 1140 g/mol. The first-order chi connectivity index (χ1) is 44.4. The van der Waals surface area contributed by atoms with Gasteiger partial charge in [-0.3, -0.25) is 18.6 Å². The Bertz CT molecular complexity index is 1880. The van der Waals surface area contributed by atoms with Gasteiger partial charge in [-0.1, -0.05) is 330 Å². The van der Waals surface area contributed by atoms with Crippen LogP contribution in [0.2, 0.25) is 0 Å². The maximum atomic E-state index is 13.6. The maximum absolute atomic E-state index is 13.6. The molecule has 0 aliphatic carbocycles. The number of amides is 1. The Kier molecular flexibility index (Phi) is 67.4. The predicted molar refractivity (Wildman–Crippen MR) is 397 cm³/mol. The molecule has 0 aromatic heterocycles. The second kappa shape index (κ2) is 69.8. The lowest BCUT2D eigenvalue weighted by molar-refractivity contribution is -0.870. The number of quaternary nitrogens is 1. The molecule has 528 valence electrons. The number of unbranched alkanes of at least 4 members (excludes halogenated alkanes) is 40. The zero-order valence-electron chi connectivity index (χ0n) is 60.6. The van der Waals surface area contributed by atoms with Crippen LogP contribution >= 0.6 is 7.82 Å². The molecule has 0 saturated heterocycles. The fourth-order valence-electron chi connectivity index (χ4n) is 11.1. The van der Waals surface area contributed by atoms with Crippen molar-refractivity contribution in [3.05, 3.63) is 97.2 Å². The SMILES string of the molecule is CC/C=C\C/C=C\C/C=C\C/C=C\C/C=C\C/C=C\CCCCCCCCCCC(=O)OC(/C=C/CCCCCCCCCCC)C(COP(=O)(O)OCC[N+](C)(C)C)NC(=O)CCCCCCCCCCCCCCCCCCC/C=C/CCCCCCCC. The first-order valence-electron chi connectivity index (χ1n) is 38.6. The Morgan fingerprint density at radius 1 is 0.396 bits per heavy atom. The van der Waals surface area contributed by atoms with E-state index >= 15 is 0 Å². The highest BCUT2D eigenvalue weighted by Crippen LogP contribution is 2.43. The molecule has 91 heavy (non-hydrogen) atoms. The van der Waals surface area contributed by atoms with Crippen LogP contribution in [0, 0.1) is 0 Å². The minimum absolute atomic E-state index is 0.0365. The van der Waals surface area contributed by atoms with Crippen molar-refractivity contribution in [3.8, 4) is 0 Å². The molecule has 0 aliphatic rings. The van der Waals surface area contributed by atoms with Gasteiger partial charge in [-0.2, -0.15) is 0 Å². The van der Waals surface area contributed by atoms with Gasteiger partial charge in [-0.25, -0.2) is 4.57 Å². The lowest BCUT2D eigenvalue weighted by Gasteiger charge is -2.27. The van der Waals surface area contributed by atoms with Crippen molar-refractivity contribution in [1.82, 2.24) is 5.32 Å². The van der Waals surface area contributed by atoms with Crippen molar-refractivity contribution >= 4 is 19.7 Å². The average Bonchev–Trinajstić information content (AvgIpc) is 3.03. The quantitative estimate of drug-likeness (QED) is 0.0205. The number of carbonyl (C=O) groups excluding carboxylic acids is 2. The average molecular weight is 1290 g/mol. The number of hydrogen-bond acceptors (Lipinski definition) is 6. The van der Waals surface area contributed by atoms with E-state index in [9.17, 15) is 19.0 Å². The molecule has 0 bridgehead atoms. The molecule has 0 rings (SSSR count). The molecule has 1 amide bonds. The molecule has 0 fully saturated rings. The van der Waals surface area contributed by atoms with Crippen molar-refractivity contribution < 1.29 is 37.3 Å². The number of allylic oxidation sites excluding steroid dienone is 15. The summed E-state index contributed by atoms with van der Waals surface area (Å²) >= 11 is 0. The van der Waals surface area contributed by atoms with Crippen LogP contribution in [0.1, 0.15) is 355 Å². The van der Waals surface area contributed by atoms with Crippen molar-refractivity contribution in [3.63, 3.8) is 0 Å². The summed E-state index contributed by atoms with van der Waals surface area (Å²) in [6.45, 7) is 6.92. The fourth-order valence-corrected chi connectivity index (χ4v) is 11.9. The van der Waals surface area contributed by atoms with Crippen LogP contribution in [0.4, 0.5) is 0 Å². The van der Waals surface area contributed by atoms with E-state index in [1.165, 1.54) is 212 Å². The Balaban J connectivity index is 4.93. The number of nitrogens with one attached hydrogen (secondary N) is 1. The summed E-state index contributed by atoms with van der Waals surface area (Å²) in [5, 5.41) is 3.08. The molecular formula is C81H148N2O7P+. The normalized spacial score (nSPS) is 14.0. The van der Waals surface area contributed by atoms with Gasteiger partial charge < -0.3 is 19.4 Å². The molecule has 0 aromatic rings. The van der Waals surface area contributed by atoms with E-state index in [1.54, 1.807) is 0 Å². The first kappa shape index (κ1) is 87.9. The van der Waals surface area contributed by atoms with Gasteiger partial charge in [0, 0.05) is 12.8 Å². The number of phosphoric ester groups is 1. The molecule has 0 aromatic carbocycles. The third kappa shape index (κ3) is 71.1. The summed E-state index contributed by atoms with van der Waals surface area (Å²) in [5.41, 5.74) is 0. The smallest absolute Gasteiger partial charge is 0.456 e. The van der Waals surface area contributed by atoms with E-state index in [4.69, 9.17) is 13.8 Å². The van der Waals surface area contributed by atoms with E-state index in [-0.39, 0.29) is 31.5 Å². The predicted octanol–water partition coefficient (Wildman–Crippen LogP) is 25.0. The highest BCUT2D eigenvalue weighted by Gasteiger charge is 2.30. The number of nitrogens with zero attached hydrogens (tertiary/aromatic N) is 1. The molecule has 0 aliphatic heterocycles. The molecule has 9 nitrogen and oxygen atoms in total. The molecule has 3 unspecified atom stereocenters. The van der Waals surface area contributed by atoms with Crippen LogP contribution in [-0.2, 0) is 27.9 Å². The molecule has 0 radical (unpaired) electrons. The summed E-state index contributed by atoms with van der Waals surface area (Å²) < 4.78 is 30.9. The third-order valence-electron chi connectivity index (χ3n) is 17.0. The summed E-state index contributed by atoms with van der Waals surface area (Å²) in [4.78, 5) is 38.0. The number of esters is 1. The first-order valence-corrected chi connectivity index (χ1v) is 40.1. The van der Waals surface area contributed by atoms with Crippen LogP contribution in [-0.4, -0.2) is 74.3 Å². The lowest BCUT2D eigenvalue weighted by atomic mass is 10.0. The van der Waals surface area contributed by atoms with Gasteiger partial charge in [0.1, 0.15) is 19.3 Å². The van der Waals surface area contributed by atoms with Crippen molar-refractivity contribution in [2.45, 2.75) is 367 Å². The number of rotatable bonds is 70. The van der Waals surface area contributed by atoms with Crippen molar-refractivity contribution in [2.24, 2.45) is 0 Å². The van der Waals surface area contributed by atoms with Gasteiger partial charge in [0.2, 0.25) is 5.91 Å². The molecule has 2 N–H and O–H groups in total. The van der Waals surface area contributed by atoms with Crippen LogP contribution in [0.25, 0.3) is 0 Å². The van der Waals surface area contributed by atoms with Crippen LogP contribution < -0.4 is 5.32 Å². The standard InChI is InChI=1S/C81H147N2O7P/c1-7-10-13-16-19-22-25-27-29-31-33-35-37-39-41-43-45-47-49-51-53-55-58-61-64-67-70-73-80(84)82-78(77-89-91(86,87)88-76-75-83(4,5)6)79(72-69-66-63-60-57-24-21-18-15-12-9-3)90-81(85)74-71-68-65-62-59-56-54-52-50-48-46-44-42-40-38-36-34-32-30-28-26-23-20-17-14-11-8-2/h11,14,20,23,27-30,34,36,40,42,46,48,69,72,78-79H,7-10,12-13,15-19,21-22,24-26,31-33,35,37-39,41,43-45,47,49-68,70-71,73-77H2,1-6H3,(H-,82,84,86,87)/p+1/b14-11-,23-20-,29-27+,30-28-,36-34-,42-40-,48-46-,72-69+. The molecule has 3 atom stereocenters. The molecule has 0 heterocycles. The monoisotopic (exact) mass is 1290 g/mol. The summed E-state index contributed by atoms with van der Waals surface area (Å²) in [6.07, 6.45) is 95.8. The van der Waals surface area contributed by atoms with Crippen LogP contribution in [0.3, 0.4) is 0 Å². The van der Waals surface area contributed by atoms with Crippen LogP contribution in [0.5, 0.6) is 0 Å². The van der Waals surface area contributed by atoms with E-state index in [2.05, 4.69) is 111 Å². The summed E-state index contributed by atoms with van der Waals surface area (Å²) in [7, 11) is 1.49. The summed E-state index contributed by atoms with van der Waals surface area (Å²) in [6, 6.07) is -0.857. The Hall–Kier alpha value is -3.07. The van der Waals surface area contributed by atoms with Crippen molar-refractivity contribution in [1.29, 1.82) is 0 Å². The number of ether oxygens (including phenoxy) is 1. The second-order valence-electron chi connectivity index (χ2n) is 27.1. The highest BCUT2D eigenvalue weighted by molar-refractivity contribution is 7.47. The summed E-state index contributed by atoms with van der Waals surface area (Å²) in [5.74, 6) is -0.506. The van der Waals surface area contributed by atoms with E-state index in [0.717, 1.165) is 109 Å². The van der Waals surface area contributed by atoms with Crippen molar-refractivity contribution in [2.75, 3.05) is 40.9 Å². The molecule has 10 heteroatoms. The maximum Gasteiger partial charge on any atom is 0.472 e. The Labute approximate surface area is 564 Å². The number of carbonyl (C=O) groups is 2. The minimum atomic E-state index is -4.46. The second-order valence-corrected chi connectivity index (χ2v) is 28.6. The largest absolute Gasteiger partial charge is 0.472 e. The van der Waals surface area contributed by atoms with E-state index < -0.39 is 20.0 Å². The Morgan fingerprint density at radius 3 is 1.07 bits per heavy atom. The lowest BCUT2D eigenvalue weighted by Crippen LogP contribution is -2.47. The number of phosphoric acid groups is 1. The zero-order valence-corrected chi connectivity index (χ0v) is 61.5. The third-order valence-corrected chi connectivity index (χ3v) is 18.0. The van der Waals surface area contributed by atoms with Gasteiger partial charge in [-0.15, -0.1) is 0 Å². The van der Waals surface area contributed by atoms with Gasteiger partial charge in [0.25, 0.3) is 0 Å². The topological polar surface area (TPSA) is 111 Å². The number of likely N-dealkylation sites (N-methyl/N-ethyl adjacent to an activating group) is 1. The highest BCUT2D eigenvalue weighted by atomic mass is 31.2.